The number of allylic oxidation sites excluding steroid dienone is 10. The van der Waals surface area contributed by atoms with E-state index in [0.717, 1.165) is 83.5 Å². The van der Waals surface area contributed by atoms with Crippen LogP contribution in [-0.2, 0) is 23.7 Å². The van der Waals surface area contributed by atoms with Crippen molar-refractivity contribution in [3.05, 3.63) is 60.8 Å². The predicted octanol–water partition coefficient (Wildman–Crippen LogP) is 9.52. The molecule has 4 N–H and O–H groups in total. The molecule has 1 rings (SSSR count). The van der Waals surface area contributed by atoms with Gasteiger partial charge in [0.15, 0.2) is 6.29 Å². The van der Waals surface area contributed by atoms with E-state index in [9.17, 15) is 25.2 Å². The van der Waals surface area contributed by atoms with Gasteiger partial charge in [-0.15, -0.1) is 0 Å². The molecule has 6 unspecified atom stereocenters. The van der Waals surface area contributed by atoms with Gasteiger partial charge in [0.2, 0.25) is 0 Å². The summed E-state index contributed by atoms with van der Waals surface area (Å²) in [7, 11) is 0. The third-order valence-electron chi connectivity index (χ3n) is 9.67. The minimum atomic E-state index is -1.54. The Balaban J connectivity index is 2.31. The smallest absolute Gasteiger partial charge is 0.306 e. The van der Waals surface area contributed by atoms with Gasteiger partial charge in [0, 0.05) is 13.0 Å². The minimum Gasteiger partial charge on any atom is -0.457 e. The molecular weight excluding hydrogens is 696 g/mol. The summed E-state index contributed by atoms with van der Waals surface area (Å²) in [5.41, 5.74) is 0. The second-order valence-corrected chi connectivity index (χ2v) is 14.8. The maximum atomic E-state index is 12.8. The first kappa shape index (κ1) is 50.9. The molecule has 1 fully saturated rings. The van der Waals surface area contributed by atoms with E-state index in [1.165, 1.54) is 57.8 Å². The highest BCUT2D eigenvalue weighted by Crippen LogP contribution is 2.22. The van der Waals surface area contributed by atoms with E-state index in [2.05, 4.69) is 74.6 Å². The SMILES string of the molecule is CC/C=C\C/C=C\C/C=C\C/C=C\CCCCCCC(=O)OC(COCCCCCCCC/C=C\CCCCCCC)COC1OC(CO)C(O)C(O)C1O. The third-order valence-corrected chi connectivity index (χ3v) is 9.67. The Bertz CT molecular complexity index is 1020. The van der Waals surface area contributed by atoms with Crippen LogP contribution in [-0.4, -0.2) is 89.6 Å². The quantitative estimate of drug-likeness (QED) is 0.0279. The van der Waals surface area contributed by atoms with E-state index in [1.54, 1.807) is 0 Å². The second-order valence-electron chi connectivity index (χ2n) is 14.8. The second kappa shape index (κ2) is 37.5. The van der Waals surface area contributed by atoms with Crippen LogP contribution in [0.1, 0.15) is 162 Å². The molecule has 1 aliphatic heterocycles. The molecule has 9 nitrogen and oxygen atoms in total. The third kappa shape index (κ3) is 28.9. The van der Waals surface area contributed by atoms with Gasteiger partial charge in [0.25, 0.3) is 0 Å². The molecule has 6 atom stereocenters. The zero-order valence-electron chi connectivity index (χ0n) is 34.7. The Kier molecular flexibility index (Phi) is 34.7. The summed E-state index contributed by atoms with van der Waals surface area (Å²) in [4.78, 5) is 12.8. The lowest BCUT2D eigenvalue weighted by molar-refractivity contribution is -0.305. The van der Waals surface area contributed by atoms with Gasteiger partial charge in [0.05, 0.1) is 19.8 Å². The maximum Gasteiger partial charge on any atom is 0.306 e. The number of hydrogen-bond acceptors (Lipinski definition) is 9. The van der Waals surface area contributed by atoms with Crippen molar-refractivity contribution in [1.29, 1.82) is 0 Å². The molecule has 1 aliphatic rings. The van der Waals surface area contributed by atoms with Gasteiger partial charge in [-0.1, -0.05) is 139 Å². The number of carbonyl (C=O) groups excluding carboxylic acids is 1. The van der Waals surface area contributed by atoms with E-state index in [4.69, 9.17) is 18.9 Å². The zero-order chi connectivity index (χ0) is 40.0. The van der Waals surface area contributed by atoms with Crippen LogP contribution in [0.15, 0.2) is 60.8 Å². The fraction of sp³-hybridized carbons (Fsp3) is 0.761. The van der Waals surface area contributed by atoms with Crippen LogP contribution >= 0.6 is 0 Å². The number of rotatable bonds is 36. The first-order chi connectivity index (χ1) is 26.9. The molecule has 0 saturated carbocycles. The van der Waals surface area contributed by atoms with Crippen molar-refractivity contribution in [2.75, 3.05) is 26.4 Å². The summed E-state index contributed by atoms with van der Waals surface area (Å²) in [6.45, 7) is 4.38. The Hall–Kier alpha value is -2.11. The van der Waals surface area contributed by atoms with Crippen molar-refractivity contribution in [2.45, 2.75) is 198 Å². The van der Waals surface area contributed by atoms with Gasteiger partial charge in [0.1, 0.15) is 30.5 Å². The summed E-state index contributed by atoms with van der Waals surface area (Å²) in [5, 5.41) is 40.1. The molecular formula is C46H80O9. The molecule has 1 heterocycles. The van der Waals surface area contributed by atoms with Crippen LogP contribution in [0.5, 0.6) is 0 Å². The lowest BCUT2D eigenvalue weighted by Crippen LogP contribution is -2.59. The van der Waals surface area contributed by atoms with Crippen molar-refractivity contribution >= 4 is 5.97 Å². The lowest BCUT2D eigenvalue weighted by Gasteiger charge is -2.39. The number of aliphatic hydroxyl groups is 4. The van der Waals surface area contributed by atoms with Crippen LogP contribution in [0.4, 0.5) is 0 Å². The number of ether oxygens (including phenoxy) is 4. The standard InChI is InChI=1S/C46H80O9/c1-3-5-7-9-11-13-15-17-19-20-21-23-25-27-29-31-33-35-42(48)54-40(39-53-46-45(51)44(50)43(49)41(37-47)55-46)38-52-36-34-32-30-28-26-24-22-18-16-14-12-10-8-6-4-2/h5,7,11,13,16-19,21,23,40-41,43-47,49-51H,3-4,6,8-10,12,14-15,20,22,24-39H2,1-2H3/b7-5-,13-11-,18-16-,19-17-,23-21-. The highest BCUT2D eigenvalue weighted by atomic mass is 16.7. The van der Waals surface area contributed by atoms with Gasteiger partial charge >= 0.3 is 5.97 Å². The maximum absolute atomic E-state index is 12.8. The molecule has 0 aromatic heterocycles. The van der Waals surface area contributed by atoms with Crippen LogP contribution in [0, 0.1) is 0 Å². The van der Waals surface area contributed by atoms with E-state index in [0.29, 0.717) is 6.61 Å². The Morgan fingerprint density at radius 1 is 0.600 bits per heavy atom. The summed E-state index contributed by atoms with van der Waals surface area (Å²) in [6, 6.07) is 0. The lowest BCUT2D eigenvalue weighted by atomic mass is 9.99. The summed E-state index contributed by atoms with van der Waals surface area (Å²) < 4.78 is 22.8. The predicted molar refractivity (Wildman–Crippen MR) is 224 cm³/mol. The van der Waals surface area contributed by atoms with Gasteiger partial charge < -0.3 is 39.4 Å². The fourth-order valence-electron chi connectivity index (χ4n) is 6.24. The molecule has 0 bridgehead atoms. The van der Waals surface area contributed by atoms with Gasteiger partial charge in [-0.05, 0) is 77.0 Å². The number of hydrogen-bond donors (Lipinski definition) is 4. The van der Waals surface area contributed by atoms with Crippen molar-refractivity contribution in [2.24, 2.45) is 0 Å². The minimum absolute atomic E-state index is 0.128. The number of carbonyl (C=O) groups is 1. The highest BCUT2D eigenvalue weighted by molar-refractivity contribution is 5.69. The van der Waals surface area contributed by atoms with Crippen molar-refractivity contribution in [3.8, 4) is 0 Å². The molecule has 0 aromatic rings. The summed E-state index contributed by atoms with van der Waals surface area (Å²) >= 11 is 0. The fourth-order valence-corrected chi connectivity index (χ4v) is 6.24. The Labute approximate surface area is 335 Å². The molecule has 1 saturated heterocycles. The van der Waals surface area contributed by atoms with E-state index in [1.807, 2.05) is 0 Å². The zero-order valence-corrected chi connectivity index (χ0v) is 34.7. The monoisotopic (exact) mass is 777 g/mol. The van der Waals surface area contributed by atoms with Crippen LogP contribution in [0.2, 0.25) is 0 Å². The molecule has 55 heavy (non-hydrogen) atoms. The summed E-state index contributed by atoms with van der Waals surface area (Å²) in [6.07, 6.45) is 39.5. The molecule has 0 aliphatic carbocycles. The van der Waals surface area contributed by atoms with E-state index < -0.39 is 43.4 Å². The number of aliphatic hydroxyl groups excluding tert-OH is 4. The average Bonchev–Trinajstić information content (AvgIpc) is 3.18. The van der Waals surface area contributed by atoms with Crippen LogP contribution in [0.3, 0.4) is 0 Å². The highest BCUT2D eigenvalue weighted by Gasteiger charge is 2.44. The van der Waals surface area contributed by atoms with E-state index in [-0.39, 0.29) is 25.6 Å². The molecule has 0 aromatic carbocycles. The van der Waals surface area contributed by atoms with Crippen LogP contribution < -0.4 is 0 Å². The normalized spacial score (nSPS) is 21.3. The average molecular weight is 777 g/mol. The Morgan fingerprint density at radius 3 is 1.69 bits per heavy atom. The molecule has 318 valence electrons. The molecule has 0 spiro atoms. The van der Waals surface area contributed by atoms with Crippen LogP contribution in [0.25, 0.3) is 0 Å². The van der Waals surface area contributed by atoms with Crippen molar-refractivity contribution in [1.82, 2.24) is 0 Å². The largest absolute Gasteiger partial charge is 0.457 e. The molecule has 0 radical (unpaired) electrons. The first-order valence-electron chi connectivity index (χ1n) is 21.9. The Morgan fingerprint density at radius 2 is 1.11 bits per heavy atom. The van der Waals surface area contributed by atoms with Gasteiger partial charge in [-0.2, -0.15) is 0 Å². The van der Waals surface area contributed by atoms with E-state index >= 15 is 0 Å². The van der Waals surface area contributed by atoms with Gasteiger partial charge in [-0.3, -0.25) is 4.79 Å². The number of unbranched alkanes of at least 4 members (excludes halogenated alkanes) is 15. The van der Waals surface area contributed by atoms with Crippen molar-refractivity contribution in [3.63, 3.8) is 0 Å². The summed E-state index contributed by atoms with van der Waals surface area (Å²) in [5.74, 6) is -0.341. The van der Waals surface area contributed by atoms with Crippen molar-refractivity contribution < 1.29 is 44.2 Å². The topological polar surface area (TPSA) is 135 Å². The first-order valence-corrected chi connectivity index (χ1v) is 21.9. The molecule has 0 amide bonds. The van der Waals surface area contributed by atoms with Gasteiger partial charge in [-0.25, -0.2) is 0 Å². The number of esters is 1. The molecule has 9 heteroatoms.